The van der Waals surface area contributed by atoms with Crippen LogP contribution in [0.2, 0.25) is 0 Å². The van der Waals surface area contributed by atoms with Gasteiger partial charge in [0.05, 0.1) is 23.5 Å². The first kappa shape index (κ1) is 12.9. The fourth-order valence-electron chi connectivity index (χ4n) is 2.18. The molecular weight excluding hydrogens is 272 g/mol. The van der Waals surface area contributed by atoms with E-state index in [1.54, 1.807) is 6.20 Å². The molecule has 0 radical (unpaired) electrons. The second kappa shape index (κ2) is 5.49. The molecule has 0 saturated heterocycles. The fraction of sp³-hybridized carbons (Fsp3) is 0.286. The van der Waals surface area contributed by atoms with E-state index >= 15 is 0 Å². The van der Waals surface area contributed by atoms with Crippen LogP contribution in [0.4, 0.5) is 0 Å². The average Bonchev–Trinajstić information content (AvgIpc) is 3.12. The molecule has 2 aromatic heterocycles. The Morgan fingerprint density at radius 3 is 3.25 bits per heavy atom. The van der Waals surface area contributed by atoms with Crippen LogP contribution in [0.1, 0.15) is 21.1 Å². The van der Waals surface area contributed by atoms with Crippen LogP contribution < -0.4 is 5.73 Å². The molecule has 3 rings (SSSR count). The Labute approximate surface area is 121 Å². The molecule has 5 nitrogen and oxygen atoms in total. The number of nitrogens with two attached hydrogens (primary N) is 1. The van der Waals surface area contributed by atoms with Gasteiger partial charge in [-0.15, -0.1) is 11.3 Å². The first-order valence-electron chi connectivity index (χ1n) is 6.34. The van der Waals surface area contributed by atoms with Crippen LogP contribution in [0, 0.1) is 11.8 Å². The van der Waals surface area contributed by atoms with Crippen molar-refractivity contribution in [3.63, 3.8) is 0 Å². The van der Waals surface area contributed by atoms with Gasteiger partial charge >= 0.3 is 0 Å². The standard InChI is InChI=1S/C14H14N4OS/c15-3-1-2-12-8-11(10-20-12)14(19)18-7-6-17-5-4-16-13(17)9-18/h4-5,8,10H,3,6-7,9,15H2. The topological polar surface area (TPSA) is 64.2 Å². The smallest absolute Gasteiger partial charge is 0.255 e. The molecule has 1 aliphatic heterocycles. The van der Waals surface area contributed by atoms with Crippen molar-refractivity contribution in [2.45, 2.75) is 13.1 Å². The van der Waals surface area contributed by atoms with Crippen LogP contribution in [-0.2, 0) is 13.1 Å². The molecule has 1 amide bonds. The Morgan fingerprint density at radius 2 is 2.40 bits per heavy atom. The largest absolute Gasteiger partial charge is 0.332 e. The third-order valence-corrected chi connectivity index (χ3v) is 4.04. The number of carbonyl (C=O) groups excluding carboxylic acids is 1. The van der Waals surface area contributed by atoms with Crippen LogP contribution in [0.15, 0.2) is 23.8 Å². The van der Waals surface area contributed by atoms with Crippen LogP contribution in [0.3, 0.4) is 0 Å². The quantitative estimate of drug-likeness (QED) is 0.793. The number of amides is 1. The molecule has 0 aliphatic carbocycles. The molecule has 1 aliphatic rings. The van der Waals surface area contributed by atoms with Crippen molar-refractivity contribution in [2.75, 3.05) is 13.1 Å². The first-order chi connectivity index (χ1) is 9.78. The summed E-state index contributed by atoms with van der Waals surface area (Å²) in [4.78, 5) is 19.4. The van der Waals surface area contributed by atoms with E-state index in [2.05, 4.69) is 21.4 Å². The third-order valence-electron chi connectivity index (χ3n) is 3.19. The summed E-state index contributed by atoms with van der Waals surface area (Å²) in [7, 11) is 0. The van der Waals surface area contributed by atoms with Crippen molar-refractivity contribution < 1.29 is 4.79 Å². The lowest BCUT2D eigenvalue weighted by Crippen LogP contribution is -2.38. The van der Waals surface area contributed by atoms with Gasteiger partial charge in [-0.1, -0.05) is 11.8 Å². The minimum atomic E-state index is 0.0382. The third kappa shape index (κ3) is 2.46. The van der Waals surface area contributed by atoms with E-state index in [0.717, 1.165) is 17.2 Å². The van der Waals surface area contributed by atoms with E-state index in [-0.39, 0.29) is 5.91 Å². The van der Waals surface area contributed by atoms with Gasteiger partial charge in [0.15, 0.2) is 0 Å². The summed E-state index contributed by atoms with van der Waals surface area (Å²) in [6.45, 7) is 2.40. The van der Waals surface area contributed by atoms with Crippen molar-refractivity contribution in [3.8, 4) is 11.8 Å². The zero-order valence-electron chi connectivity index (χ0n) is 10.9. The molecule has 20 heavy (non-hydrogen) atoms. The predicted octanol–water partition coefficient (Wildman–Crippen LogP) is 0.911. The predicted molar refractivity (Wildman–Crippen MR) is 77.2 cm³/mol. The number of carbonyl (C=O) groups is 1. The molecule has 0 aromatic carbocycles. The van der Waals surface area contributed by atoms with Gasteiger partial charge in [-0.25, -0.2) is 4.98 Å². The summed E-state index contributed by atoms with van der Waals surface area (Å²) in [5, 5.41) is 1.85. The summed E-state index contributed by atoms with van der Waals surface area (Å²) in [5.74, 6) is 6.72. The van der Waals surface area contributed by atoms with Gasteiger partial charge in [0.1, 0.15) is 5.82 Å². The Kier molecular flexibility index (Phi) is 3.54. The Hall–Kier alpha value is -2.10. The lowest BCUT2D eigenvalue weighted by molar-refractivity contribution is 0.0708. The van der Waals surface area contributed by atoms with E-state index in [1.807, 2.05) is 22.5 Å². The molecule has 3 heterocycles. The van der Waals surface area contributed by atoms with E-state index in [4.69, 9.17) is 5.73 Å². The lowest BCUT2D eigenvalue weighted by atomic mass is 10.2. The van der Waals surface area contributed by atoms with Crippen LogP contribution in [0.25, 0.3) is 0 Å². The molecule has 102 valence electrons. The number of aromatic nitrogens is 2. The van der Waals surface area contributed by atoms with Gasteiger partial charge in [-0.2, -0.15) is 0 Å². The van der Waals surface area contributed by atoms with Crippen molar-refractivity contribution in [2.24, 2.45) is 5.73 Å². The zero-order valence-corrected chi connectivity index (χ0v) is 11.7. The summed E-state index contributed by atoms with van der Waals surface area (Å²) < 4.78 is 2.08. The highest BCUT2D eigenvalue weighted by Crippen LogP contribution is 2.18. The van der Waals surface area contributed by atoms with Gasteiger partial charge in [-0.05, 0) is 6.07 Å². The van der Waals surface area contributed by atoms with Gasteiger partial charge in [-0.3, -0.25) is 4.79 Å². The fourth-order valence-corrected chi connectivity index (χ4v) is 2.93. The Bertz CT molecular complexity index is 691. The molecule has 0 unspecified atom stereocenters. The number of nitrogens with zero attached hydrogens (tertiary/aromatic N) is 3. The second-order valence-electron chi connectivity index (χ2n) is 4.47. The van der Waals surface area contributed by atoms with Gasteiger partial charge < -0.3 is 15.2 Å². The summed E-state index contributed by atoms with van der Waals surface area (Å²) in [6, 6.07) is 1.83. The van der Waals surface area contributed by atoms with Gasteiger partial charge in [0, 0.05) is 30.9 Å². The maximum atomic E-state index is 12.4. The number of imidazole rings is 1. The monoisotopic (exact) mass is 286 g/mol. The maximum absolute atomic E-state index is 12.4. The molecule has 0 bridgehead atoms. The number of fused-ring (bicyclic) bond motifs is 1. The van der Waals surface area contributed by atoms with Crippen molar-refractivity contribution in [1.29, 1.82) is 0 Å². The van der Waals surface area contributed by atoms with Crippen molar-refractivity contribution in [1.82, 2.24) is 14.5 Å². The molecular formula is C14H14N4OS. The van der Waals surface area contributed by atoms with Crippen LogP contribution in [-0.4, -0.2) is 33.4 Å². The minimum absolute atomic E-state index is 0.0382. The minimum Gasteiger partial charge on any atom is -0.332 e. The molecule has 0 saturated carbocycles. The maximum Gasteiger partial charge on any atom is 0.255 e. The second-order valence-corrected chi connectivity index (χ2v) is 5.38. The summed E-state index contributed by atoms with van der Waals surface area (Å²) in [6.07, 6.45) is 3.72. The van der Waals surface area contributed by atoms with E-state index in [0.29, 0.717) is 25.2 Å². The Balaban J connectivity index is 1.75. The highest BCUT2D eigenvalue weighted by atomic mass is 32.1. The Morgan fingerprint density at radius 1 is 1.50 bits per heavy atom. The highest BCUT2D eigenvalue weighted by Gasteiger charge is 2.22. The number of thiophene rings is 1. The highest BCUT2D eigenvalue weighted by molar-refractivity contribution is 7.10. The summed E-state index contributed by atoms with van der Waals surface area (Å²) >= 11 is 1.47. The van der Waals surface area contributed by atoms with E-state index in [1.165, 1.54) is 11.3 Å². The van der Waals surface area contributed by atoms with Crippen molar-refractivity contribution in [3.05, 3.63) is 40.1 Å². The number of rotatable bonds is 1. The molecule has 0 fully saturated rings. The molecule has 2 N–H and O–H groups in total. The molecule has 6 heteroatoms. The van der Waals surface area contributed by atoms with Crippen LogP contribution >= 0.6 is 11.3 Å². The normalized spacial score (nSPS) is 13.6. The van der Waals surface area contributed by atoms with Crippen molar-refractivity contribution >= 4 is 17.2 Å². The van der Waals surface area contributed by atoms with E-state index in [9.17, 15) is 4.79 Å². The zero-order chi connectivity index (χ0) is 13.9. The van der Waals surface area contributed by atoms with E-state index < -0.39 is 0 Å². The number of hydrogen-bond donors (Lipinski definition) is 1. The summed E-state index contributed by atoms with van der Waals surface area (Å²) in [5.41, 5.74) is 6.03. The SMILES string of the molecule is NCC#Cc1cc(C(=O)N2CCn3ccnc3C2)cs1. The molecule has 0 spiro atoms. The molecule has 0 atom stereocenters. The lowest BCUT2D eigenvalue weighted by Gasteiger charge is -2.27. The average molecular weight is 286 g/mol. The van der Waals surface area contributed by atoms with Gasteiger partial charge in [0.25, 0.3) is 5.91 Å². The van der Waals surface area contributed by atoms with Gasteiger partial charge in [0.2, 0.25) is 0 Å². The van der Waals surface area contributed by atoms with Crippen LogP contribution in [0.5, 0.6) is 0 Å². The number of hydrogen-bond acceptors (Lipinski definition) is 4. The molecule has 2 aromatic rings. The first-order valence-corrected chi connectivity index (χ1v) is 7.22.